The molecule has 0 atom stereocenters. The summed E-state index contributed by atoms with van der Waals surface area (Å²) in [6.45, 7) is 2.86. The molecular formula is C30H25N3O. The fourth-order valence-corrected chi connectivity index (χ4v) is 4.77. The van der Waals surface area contributed by atoms with Crippen LogP contribution in [0, 0.1) is 0 Å². The summed E-state index contributed by atoms with van der Waals surface area (Å²) in [6.07, 6.45) is 3.69. The number of pyridine rings is 2. The molecule has 0 bridgehead atoms. The Kier molecular flexibility index (Phi) is 5.50. The Labute approximate surface area is 198 Å². The van der Waals surface area contributed by atoms with Gasteiger partial charge < -0.3 is 4.74 Å². The van der Waals surface area contributed by atoms with Crippen molar-refractivity contribution in [1.82, 2.24) is 14.9 Å². The van der Waals surface area contributed by atoms with Crippen LogP contribution in [-0.2, 0) is 13.1 Å². The molecule has 6 rings (SSSR count). The highest BCUT2D eigenvalue weighted by atomic mass is 16.5. The molecule has 4 heteroatoms. The van der Waals surface area contributed by atoms with Gasteiger partial charge in [0.2, 0.25) is 0 Å². The first-order valence-corrected chi connectivity index (χ1v) is 11.7. The molecule has 34 heavy (non-hydrogen) atoms. The van der Waals surface area contributed by atoms with E-state index in [1.165, 1.54) is 32.3 Å². The summed E-state index contributed by atoms with van der Waals surface area (Å²) in [5, 5.41) is 7.55. The average Bonchev–Trinajstić information content (AvgIpc) is 2.89. The first kappa shape index (κ1) is 20.6. The van der Waals surface area contributed by atoms with Gasteiger partial charge >= 0.3 is 0 Å². The highest BCUT2D eigenvalue weighted by Gasteiger charge is 2.13. The van der Waals surface area contributed by atoms with Crippen molar-refractivity contribution in [2.24, 2.45) is 0 Å². The van der Waals surface area contributed by atoms with Crippen LogP contribution in [0.3, 0.4) is 0 Å². The summed E-state index contributed by atoms with van der Waals surface area (Å²) in [6, 6.07) is 31.6. The SMILES string of the molecule is c1ccc(CN(CCOc2ccc3ccc4cccc5ccc2c3c45)Cc2ccccn2)nc1. The molecule has 0 radical (unpaired) electrons. The van der Waals surface area contributed by atoms with Crippen molar-refractivity contribution in [3.05, 3.63) is 115 Å². The number of hydrogen-bond donors (Lipinski definition) is 0. The lowest BCUT2D eigenvalue weighted by atomic mass is 9.94. The van der Waals surface area contributed by atoms with E-state index in [4.69, 9.17) is 4.74 Å². The second kappa shape index (κ2) is 9.08. The molecule has 0 fully saturated rings. The minimum atomic E-state index is 0.587. The molecule has 0 unspecified atom stereocenters. The Morgan fingerprint density at radius 3 is 1.85 bits per heavy atom. The van der Waals surface area contributed by atoms with Gasteiger partial charge in [-0.1, -0.05) is 54.6 Å². The number of nitrogens with zero attached hydrogens (tertiary/aromatic N) is 3. The van der Waals surface area contributed by atoms with Crippen LogP contribution >= 0.6 is 0 Å². The topological polar surface area (TPSA) is 38.2 Å². The first-order valence-electron chi connectivity index (χ1n) is 11.7. The van der Waals surface area contributed by atoms with Gasteiger partial charge in [-0.05, 0) is 57.9 Å². The zero-order chi connectivity index (χ0) is 22.7. The van der Waals surface area contributed by atoms with Crippen LogP contribution in [0.25, 0.3) is 32.3 Å². The third kappa shape index (κ3) is 4.04. The third-order valence-corrected chi connectivity index (χ3v) is 6.38. The van der Waals surface area contributed by atoms with Crippen molar-refractivity contribution < 1.29 is 4.74 Å². The maximum Gasteiger partial charge on any atom is 0.127 e. The van der Waals surface area contributed by atoms with Gasteiger partial charge in [-0.2, -0.15) is 0 Å². The van der Waals surface area contributed by atoms with E-state index < -0.39 is 0 Å². The fourth-order valence-electron chi connectivity index (χ4n) is 4.77. The third-order valence-electron chi connectivity index (χ3n) is 6.38. The zero-order valence-corrected chi connectivity index (χ0v) is 18.9. The summed E-state index contributed by atoms with van der Waals surface area (Å²) in [5.74, 6) is 0.932. The number of rotatable bonds is 8. The maximum absolute atomic E-state index is 6.39. The van der Waals surface area contributed by atoms with Gasteiger partial charge in [0, 0.05) is 42.8 Å². The molecule has 0 aliphatic rings. The van der Waals surface area contributed by atoms with Crippen molar-refractivity contribution in [3.8, 4) is 5.75 Å². The van der Waals surface area contributed by atoms with Crippen LogP contribution in [-0.4, -0.2) is 28.0 Å². The molecule has 0 amide bonds. The summed E-state index contributed by atoms with van der Waals surface area (Å²) in [4.78, 5) is 11.4. The van der Waals surface area contributed by atoms with Crippen molar-refractivity contribution >= 4 is 32.3 Å². The van der Waals surface area contributed by atoms with E-state index in [9.17, 15) is 0 Å². The van der Waals surface area contributed by atoms with E-state index >= 15 is 0 Å². The summed E-state index contributed by atoms with van der Waals surface area (Å²) in [7, 11) is 0. The lowest BCUT2D eigenvalue weighted by Gasteiger charge is -2.22. The van der Waals surface area contributed by atoms with Gasteiger partial charge in [0.1, 0.15) is 12.4 Å². The second-order valence-electron chi connectivity index (χ2n) is 8.62. The number of benzene rings is 4. The van der Waals surface area contributed by atoms with Crippen LogP contribution < -0.4 is 4.74 Å². The van der Waals surface area contributed by atoms with Crippen LogP contribution in [0.1, 0.15) is 11.4 Å². The highest BCUT2D eigenvalue weighted by molar-refractivity contribution is 6.24. The standard InChI is InChI=1S/C30H25N3O/c1-3-16-31-25(8-1)20-33(21-26-9-2-4-17-32-26)18-19-34-28-15-13-24-11-10-22-6-5-7-23-12-14-27(28)30(24)29(22)23/h1-17H,18-21H2. The van der Waals surface area contributed by atoms with Crippen LogP contribution in [0.2, 0.25) is 0 Å². The second-order valence-corrected chi connectivity index (χ2v) is 8.62. The Balaban J connectivity index is 1.25. The molecule has 0 N–H and O–H groups in total. The molecule has 6 aromatic rings. The Bertz CT molecular complexity index is 1480. The van der Waals surface area contributed by atoms with Gasteiger partial charge in [-0.3, -0.25) is 14.9 Å². The quantitative estimate of drug-likeness (QED) is 0.253. The minimum absolute atomic E-state index is 0.587. The van der Waals surface area contributed by atoms with Crippen LogP contribution in [0.5, 0.6) is 5.75 Å². The molecule has 0 aliphatic carbocycles. The molecule has 0 saturated carbocycles. The zero-order valence-electron chi connectivity index (χ0n) is 18.9. The van der Waals surface area contributed by atoms with Gasteiger partial charge in [0.15, 0.2) is 0 Å². The molecular weight excluding hydrogens is 418 g/mol. The number of aromatic nitrogens is 2. The van der Waals surface area contributed by atoms with Crippen molar-refractivity contribution in [1.29, 1.82) is 0 Å². The van der Waals surface area contributed by atoms with E-state index in [0.717, 1.165) is 36.8 Å². The molecule has 0 saturated heterocycles. The maximum atomic E-state index is 6.39. The van der Waals surface area contributed by atoms with Gasteiger partial charge in [-0.25, -0.2) is 0 Å². The lowest BCUT2D eigenvalue weighted by Crippen LogP contribution is -2.28. The summed E-state index contributed by atoms with van der Waals surface area (Å²) >= 11 is 0. The molecule has 166 valence electrons. The largest absolute Gasteiger partial charge is 0.492 e. The van der Waals surface area contributed by atoms with E-state index in [1.807, 2.05) is 36.7 Å². The van der Waals surface area contributed by atoms with Gasteiger partial charge in [-0.15, -0.1) is 0 Å². The Hall–Kier alpha value is -4.02. The normalized spacial score (nSPS) is 11.7. The fraction of sp³-hybridized carbons (Fsp3) is 0.133. The Morgan fingerprint density at radius 2 is 1.21 bits per heavy atom. The summed E-state index contributed by atoms with van der Waals surface area (Å²) in [5.41, 5.74) is 2.09. The minimum Gasteiger partial charge on any atom is -0.492 e. The van der Waals surface area contributed by atoms with Crippen molar-refractivity contribution in [2.45, 2.75) is 13.1 Å². The van der Waals surface area contributed by atoms with Gasteiger partial charge in [0.25, 0.3) is 0 Å². The molecule has 2 aromatic heterocycles. The molecule has 0 aliphatic heterocycles. The average molecular weight is 444 g/mol. The number of hydrogen-bond acceptors (Lipinski definition) is 4. The van der Waals surface area contributed by atoms with E-state index in [2.05, 4.69) is 81.6 Å². The van der Waals surface area contributed by atoms with E-state index in [-0.39, 0.29) is 0 Å². The monoisotopic (exact) mass is 443 g/mol. The van der Waals surface area contributed by atoms with Gasteiger partial charge in [0.05, 0.1) is 11.4 Å². The van der Waals surface area contributed by atoms with Crippen LogP contribution in [0.15, 0.2) is 103 Å². The van der Waals surface area contributed by atoms with E-state index in [0.29, 0.717) is 6.61 Å². The van der Waals surface area contributed by atoms with Crippen molar-refractivity contribution in [2.75, 3.05) is 13.2 Å². The molecule has 0 spiro atoms. The predicted octanol–water partition coefficient (Wildman–Crippen LogP) is 6.46. The predicted molar refractivity (Wildman–Crippen MR) is 138 cm³/mol. The molecule has 4 aromatic carbocycles. The first-order chi connectivity index (χ1) is 16.8. The lowest BCUT2D eigenvalue weighted by molar-refractivity contribution is 0.194. The smallest absolute Gasteiger partial charge is 0.127 e. The Morgan fingerprint density at radius 1 is 0.588 bits per heavy atom. The summed E-state index contributed by atoms with van der Waals surface area (Å²) < 4.78 is 6.39. The number of ether oxygens (including phenoxy) is 1. The molecule has 2 heterocycles. The van der Waals surface area contributed by atoms with E-state index in [1.54, 1.807) is 0 Å². The molecule has 4 nitrogen and oxygen atoms in total. The van der Waals surface area contributed by atoms with Crippen LogP contribution in [0.4, 0.5) is 0 Å². The van der Waals surface area contributed by atoms with Crippen molar-refractivity contribution in [3.63, 3.8) is 0 Å². The highest BCUT2D eigenvalue weighted by Crippen LogP contribution is 2.38.